The van der Waals surface area contributed by atoms with E-state index < -0.39 is 0 Å². The minimum Gasteiger partial charge on any atom is -0.310 e. The van der Waals surface area contributed by atoms with Gasteiger partial charge in [0.2, 0.25) is 0 Å². The van der Waals surface area contributed by atoms with Crippen LogP contribution in [-0.4, -0.2) is 9.13 Å². The molecule has 9 aromatic rings. The maximum absolute atomic E-state index is 2.39. The topological polar surface area (TPSA) is 9.86 Å². The van der Waals surface area contributed by atoms with Crippen LogP contribution in [-0.2, 0) is 0 Å². The predicted molar refractivity (Wildman–Crippen MR) is 213 cm³/mol. The Hall–Kier alpha value is -6.38. The van der Waals surface area contributed by atoms with E-state index in [1.165, 1.54) is 82.3 Å². The van der Waals surface area contributed by atoms with Crippen molar-refractivity contribution in [1.29, 1.82) is 0 Å². The summed E-state index contributed by atoms with van der Waals surface area (Å²) in [6, 6.07) is 61.6. The van der Waals surface area contributed by atoms with Crippen molar-refractivity contribution in [3.8, 4) is 44.8 Å². The molecule has 9 rings (SSSR count). The Bertz CT molecular complexity index is 2790. The summed E-state index contributed by atoms with van der Waals surface area (Å²) in [4.78, 5) is 0. The van der Waals surface area contributed by atoms with Crippen LogP contribution >= 0.6 is 0 Å². The molecule has 0 aliphatic rings. The van der Waals surface area contributed by atoms with Gasteiger partial charge in [0.05, 0.1) is 16.6 Å². The van der Waals surface area contributed by atoms with Gasteiger partial charge < -0.3 is 9.13 Å². The first kappa shape index (κ1) is 29.7. The molecular formula is C48H36N2. The number of rotatable bonds is 5. The Morgan fingerprint density at radius 2 is 0.740 bits per heavy atom. The minimum absolute atomic E-state index is 1.16. The summed E-state index contributed by atoms with van der Waals surface area (Å²) in [5, 5.41) is 6.22. The molecule has 0 bridgehead atoms. The summed E-state index contributed by atoms with van der Waals surface area (Å²) in [6.07, 6.45) is 4.48. The second-order valence-electron chi connectivity index (χ2n) is 12.9. The molecule has 0 unspecified atom stereocenters. The van der Waals surface area contributed by atoms with Crippen molar-refractivity contribution in [3.05, 3.63) is 180 Å². The van der Waals surface area contributed by atoms with Crippen LogP contribution in [0, 0.1) is 0 Å². The van der Waals surface area contributed by atoms with Gasteiger partial charge in [-0.05, 0) is 108 Å². The van der Waals surface area contributed by atoms with Crippen LogP contribution in [0.2, 0.25) is 0 Å². The molecule has 2 heteroatoms. The number of benzene rings is 7. The molecule has 0 atom stereocenters. The van der Waals surface area contributed by atoms with Crippen LogP contribution in [0.25, 0.3) is 89.6 Å². The second kappa shape index (κ2) is 12.3. The third-order valence-corrected chi connectivity index (χ3v) is 10.1. The third-order valence-electron chi connectivity index (χ3n) is 10.1. The van der Waals surface area contributed by atoms with Gasteiger partial charge in [0.1, 0.15) is 0 Å². The number of aromatic nitrogens is 2. The van der Waals surface area contributed by atoms with Crippen LogP contribution < -0.4 is 10.6 Å². The summed E-state index contributed by atoms with van der Waals surface area (Å²) >= 11 is 0. The lowest BCUT2D eigenvalue weighted by Crippen LogP contribution is -2.27. The molecule has 0 aliphatic heterocycles. The van der Waals surface area contributed by atoms with Crippen molar-refractivity contribution >= 4 is 44.9 Å². The van der Waals surface area contributed by atoms with Crippen molar-refractivity contribution < 1.29 is 0 Å². The number of hydrogen-bond acceptors (Lipinski definition) is 0. The summed E-state index contributed by atoms with van der Waals surface area (Å²) < 4.78 is 4.79. The van der Waals surface area contributed by atoms with Crippen LogP contribution in [0.1, 0.15) is 13.8 Å². The number of nitrogens with zero attached hydrogens (tertiary/aromatic N) is 2. The first-order valence-corrected chi connectivity index (χ1v) is 17.3. The Morgan fingerprint density at radius 1 is 0.340 bits per heavy atom. The normalized spacial score (nSPS) is 12.4. The zero-order valence-corrected chi connectivity index (χ0v) is 28.2. The highest BCUT2D eigenvalue weighted by atomic mass is 15.0. The van der Waals surface area contributed by atoms with Gasteiger partial charge in [-0.25, -0.2) is 0 Å². The van der Waals surface area contributed by atoms with E-state index in [1.807, 2.05) is 0 Å². The van der Waals surface area contributed by atoms with E-state index in [1.54, 1.807) is 0 Å². The summed E-state index contributed by atoms with van der Waals surface area (Å²) in [5.74, 6) is 0. The fraction of sp³-hybridized carbons (Fsp3) is 0.0417. The molecule has 0 amide bonds. The van der Waals surface area contributed by atoms with Gasteiger partial charge in [-0.1, -0.05) is 121 Å². The average Bonchev–Trinajstić information content (AvgIpc) is 3.70. The van der Waals surface area contributed by atoms with Gasteiger partial charge in [-0.15, -0.1) is 0 Å². The Labute approximate surface area is 292 Å². The molecule has 0 saturated heterocycles. The van der Waals surface area contributed by atoms with Crippen LogP contribution in [0.15, 0.2) is 170 Å². The zero-order valence-electron chi connectivity index (χ0n) is 28.2. The molecule has 238 valence electrons. The molecule has 0 radical (unpaired) electrons. The van der Waals surface area contributed by atoms with Crippen molar-refractivity contribution in [2.75, 3.05) is 0 Å². The second-order valence-corrected chi connectivity index (χ2v) is 12.9. The van der Waals surface area contributed by atoms with Gasteiger partial charge in [0.25, 0.3) is 0 Å². The highest BCUT2D eigenvalue weighted by molar-refractivity contribution is 6.11. The summed E-state index contributed by atoms with van der Waals surface area (Å²) in [7, 11) is 0. The maximum atomic E-state index is 2.39. The Morgan fingerprint density at radius 3 is 1.26 bits per heavy atom. The van der Waals surface area contributed by atoms with E-state index in [4.69, 9.17) is 0 Å². The van der Waals surface area contributed by atoms with Crippen molar-refractivity contribution in [1.82, 2.24) is 9.13 Å². The van der Waals surface area contributed by atoms with Crippen LogP contribution in [0.3, 0.4) is 0 Å². The minimum atomic E-state index is 1.16. The molecule has 0 N–H and O–H groups in total. The number of fused-ring (bicyclic) bond motifs is 4. The average molecular weight is 641 g/mol. The van der Waals surface area contributed by atoms with Gasteiger partial charge >= 0.3 is 0 Å². The molecule has 50 heavy (non-hydrogen) atoms. The van der Waals surface area contributed by atoms with E-state index in [2.05, 4.69) is 205 Å². The lowest BCUT2D eigenvalue weighted by atomic mass is 9.99. The van der Waals surface area contributed by atoms with Crippen LogP contribution in [0.5, 0.6) is 0 Å². The van der Waals surface area contributed by atoms with Gasteiger partial charge in [-0.3, -0.25) is 0 Å². The van der Waals surface area contributed by atoms with Gasteiger partial charge in [0, 0.05) is 38.1 Å². The van der Waals surface area contributed by atoms with Crippen molar-refractivity contribution in [2.45, 2.75) is 13.8 Å². The summed E-state index contributed by atoms with van der Waals surface area (Å²) in [5.41, 5.74) is 13.3. The smallest absolute Gasteiger partial charge is 0.0541 e. The molecule has 0 fully saturated rings. The molecule has 2 heterocycles. The highest BCUT2D eigenvalue weighted by Crippen LogP contribution is 2.37. The van der Waals surface area contributed by atoms with Crippen LogP contribution in [0.4, 0.5) is 0 Å². The van der Waals surface area contributed by atoms with E-state index >= 15 is 0 Å². The maximum Gasteiger partial charge on any atom is 0.0541 e. The largest absolute Gasteiger partial charge is 0.310 e. The SMILES string of the molecule is C/C=c1\c(=C/C)n(-c2ccc(-c3ccccc3)cc2)c2ccc(-c3ccc4c(c3)c3cc(-c5ccccc5)ccc3n4-c3ccccc3)cc12. The monoisotopic (exact) mass is 640 g/mol. The first-order valence-electron chi connectivity index (χ1n) is 17.3. The third kappa shape index (κ3) is 4.88. The summed E-state index contributed by atoms with van der Waals surface area (Å²) in [6.45, 7) is 4.28. The fourth-order valence-corrected chi connectivity index (χ4v) is 7.68. The zero-order chi connectivity index (χ0) is 33.6. The number of para-hydroxylation sites is 1. The molecule has 0 aliphatic carbocycles. The van der Waals surface area contributed by atoms with E-state index in [9.17, 15) is 0 Å². The lowest BCUT2D eigenvalue weighted by Gasteiger charge is -2.10. The highest BCUT2D eigenvalue weighted by Gasteiger charge is 2.16. The van der Waals surface area contributed by atoms with E-state index in [0.717, 1.165) is 5.69 Å². The van der Waals surface area contributed by atoms with E-state index in [-0.39, 0.29) is 0 Å². The molecule has 0 spiro atoms. The molecular weight excluding hydrogens is 605 g/mol. The number of hydrogen-bond donors (Lipinski definition) is 0. The Balaban J connectivity index is 1.21. The Kier molecular flexibility index (Phi) is 7.29. The molecule has 0 saturated carbocycles. The molecule has 2 nitrogen and oxygen atoms in total. The van der Waals surface area contributed by atoms with E-state index in [0.29, 0.717) is 0 Å². The van der Waals surface area contributed by atoms with Crippen molar-refractivity contribution in [3.63, 3.8) is 0 Å². The van der Waals surface area contributed by atoms with Gasteiger partial charge in [0.15, 0.2) is 0 Å². The fourth-order valence-electron chi connectivity index (χ4n) is 7.68. The first-order chi connectivity index (χ1) is 24.7. The molecule has 2 aromatic heterocycles. The quantitative estimate of drug-likeness (QED) is 0.177. The molecule has 7 aromatic carbocycles. The van der Waals surface area contributed by atoms with Gasteiger partial charge in [-0.2, -0.15) is 0 Å². The lowest BCUT2D eigenvalue weighted by molar-refractivity contribution is 1.07. The standard InChI is InChI=1S/C48H36N2/c1-3-41-42-31-37(23-28-46(42)49(45(41)4-2)40-25-20-35(21-26-40)33-14-8-5-9-15-33)38-24-29-48-44(32-38)43-30-36(34-16-10-6-11-17-34)22-27-47(43)50(48)39-18-12-7-13-19-39/h3-32H,1-2H3/b41-3-,45-4+. The van der Waals surface area contributed by atoms with Crippen molar-refractivity contribution in [2.24, 2.45) is 0 Å². The predicted octanol–water partition coefficient (Wildman–Crippen LogP) is 11.3.